The summed E-state index contributed by atoms with van der Waals surface area (Å²) in [6.07, 6.45) is 1.94. The molecule has 1 N–H and O–H groups in total. The molecule has 0 aromatic heterocycles. The number of ether oxygens (including phenoxy) is 1. The van der Waals surface area contributed by atoms with Crippen molar-refractivity contribution < 1.29 is 9.53 Å². The van der Waals surface area contributed by atoms with Crippen molar-refractivity contribution in [1.82, 2.24) is 5.32 Å². The summed E-state index contributed by atoms with van der Waals surface area (Å²) in [6.45, 7) is 4.08. The molecule has 100 valence electrons. The summed E-state index contributed by atoms with van der Waals surface area (Å²) in [5.74, 6) is 0.928. The second-order valence-corrected chi connectivity index (χ2v) is 5.45. The molecular weight excluding hydrogens is 260 g/mol. The highest BCUT2D eigenvalue weighted by Crippen LogP contribution is 2.31. The first-order valence-corrected chi connectivity index (χ1v) is 6.84. The Morgan fingerprint density at radius 1 is 1.37 bits per heavy atom. The lowest BCUT2D eigenvalue weighted by molar-refractivity contribution is -0.115. The van der Waals surface area contributed by atoms with Crippen LogP contribution in [0, 0.1) is 5.92 Å². The maximum absolute atomic E-state index is 11.8. The Bertz CT molecular complexity index is 550. The highest BCUT2D eigenvalue weighted by atomic mass is 32.2. The number of nitrogens with one attached hydrogen (secondary N) is 1. The van der Waals surface area contributed by atoms with Crippen molar-refractivity contribution >= 4 is 28.5 Å². The molecule has 4 nitrogen and oxygen atoms in total. The first-order valence-electron chi connectivity index (χ1n) is 6.03. The van der Waals surface area contributed by atoms with E-state index in [1.165, 1.54) is 11.8 Å². The second-order valence-electron chi connectivity index (χ2n) is 4.42. The number of hydrogen-bond acceptors (Lipinski definition) is 4. The van der Waals surface area contributed by atoms with Crippen molar-refractivity contribution in [2.75, 3.05) is 7.11 Å². The molecule has 0 unspecified atom stereocenters. The van der Waals surface area contributed by atoms with Crippen LogP contribution in [0.25, 0.3) is 0 Å². The number of methoxy groups -OCH3 is 1. The summed E-state index contributed by atoms with van der Waals surface area (Å²) >= 11 is 1.36. The Morgan fingerprint density at radius 2 is 2.11 bits per heavy atom. The number of hydrogen-bond donors (Lipinski definition) is 1. The number of para-hydroxylation sites is 2. The Morgan fingerprint density at radius 3 is 2.79 bits per heavy atom. The maximum atomic E-state index is 11.8. The number of amides is 1. The Labute approximate surface area is 116 Å². The predicted octanol–water partition coefficient (Wildman–Crippen LogP) is 3.09. The van der Waals surface area contributed by atoms with E-state index in [1.807, 2.05) is 44.2 Å². The molecule has 2 rings (SSSR count). The van der Waals surface area contributed by atoms with E-state index in [0.717, 1.165) is 0 Å². The van der Waals surface area contributed by atoms with Crippen LogP contribution in [0.5, 0.6) is 5.75 Å². The Balaban J connectivity index is 2.25. The minimum atomic E-state index is -0.0904. The van der Waals surface area contributed by atoms with Gasteiger partial charge in [0.1, 0.15) is 11.4 Å². The van der Waals surface area contributed by atoms with Gasteiger partial charge in [-0.1, -0.05) is 32.1 Å². The zero-order chi connectivity index (χ0) is 13.8. The molecule has 0 bridgehead atoms. The number of carbonyl (C=O) groups excluding carboxylic acids is 1. The lowest BCUT2D eigenvalue weighted by atomic mass is 10.2. The third kappa shape index (κ3) is 3.38. The van der Waals surface area contributed by atoms with E-state index < -0.39 is 0 Å². The molecule has 1 fully saturated rings. The number of rotatable bonds is 3. The monoisotopic (exact) mass is 276 g/mol. The maximum Gasteiger partial charge on any atom is 0.263 e. The molecule has 1 heterocycles. The lowest BCUT2D eigenvalue weighted by Gasteiger charge is -2.03. The molecule has 0 atom stereocenters. The molecule has 1 aromatic rings. The summed E-state index contributed by atoms with van der Waals surface area (Å²) < 4.78 is 5.23. The van der Waals surface area contributed by atoms with Crippen LogP contribution in [-0.4, -0.2) is 18.2 Å². The predicted molar refractivity (Wildman–Crippen MR) is 78.7 cm³/mol. The van der Waals surface area contributed by atoms with Gasteiger partial charge in [0.2, 0.25) is 0 Å². The molecule has 0 saturated carbocycles. The smallest absolute Gasteiger partial charge is 0.263 e. The van der Waals surface area contributed by atoms with Crippen molar-refractivity contribution in [3.8, 4) is 5.75 Å². The molecule has 0 spiro atoms. The summed E-state index contributed by atoms with van der Waals surface area (Å²) in [6, 6.07) is 7.45. The molecule has 0 aliphatic carbocycles. The van der Waals surface area contributed by atoms with Gasteiger partial charge in [-0.25, -0.2) is 4.99 Å². The molecule has 0 radical (unpaired) electrons. The standard InChI is InChI=1S/C14H16N2O2S/c1-9(2)8-12-13(17)16-14(19-12)15-10-6-4-5-7-11(10)18-3/h4-9H,1-3H3,(H,15,16,17)/b12-8-. The van der Waals surface area contributed by atoms with Crippen molar-refractivity contribution in [1.29, 1.82) is 0 Å². The van der Waals surface area contributed by atoms with Crippen LogP contribution in [0.4, 0.5) is 5.69 Å². The van der Waals surface area contributed by atoms with Gasteiger partial charge in [-0.3, -0.25) is 4.79 Å². The van der Waals surface area contributed by atoms with Gasteiger partial charge in [0.25, 0.3) is 5.91 Å². The van der Waals surface area contributed by atoms with Crippen LogP contribution in [0.15, 0.2) is 40.2 Å². The van der Waals surface area contributed by atoms with Crippen LogP contribution in [0.2, 0.25) is 0 Å². The zero-order valence-electron chi connectivity index (χ0n) is 11.1. The van der Waals surface area contributed by atoms with Gasteiger partial charge in [-0.15, -0.1) is 0 Å². The molecule has 19 heavy (non-hydrogen) atoms. The second kappa shape index (κ2) is 5.93. The normalized spacial score (nSPS) is 19.3. The van der Waals surface area contributed by atoms with E-state index in [4.69, 9.17) is 4.74 Å². The molecule has 1 aliphatic heterocycles. The largest absolute Gasteiger partial charge is 0.494 e. The SMILES string of the molecule is COc1ccccc1N=C1NC(=O)/C(=C/C(C)C)S1. The quantitative estimate of drug-likeness (QED) is 0.863. The van der Waals surface area contributed by atoms with Gasteiger partial charge in [-0.05, 0) is 29.8 Å². The minimum absolute atomic E-state index is 0.0904. The fourth-order valence-electron chi connectivity index (χ4n) is 1.63. The Hall–Kier alpha value is -1.75. The van der Waals surface area contributed by atoms with Gasteiger partial charge in [0.05, 0.1) is 12.0 Å². The third-order valence-corrected chi connectivity index (χ3v) is 3.37. The summed E-state index contributed by atoms with van der Waals surface area (Å²) in [5.41, 5.74) is 0.707. The number of amidine groups is 1. The molecule has 1 saturated heterocycles. The zero-order valence-corrected chi connectivity index (χ0v) is 12.0. The molecule has 5 heteroatoms. The minimum Gasteiger partial charge on any atom is -0.494 e. The first kappa shape index (κ1) is 13.7. The van der Waals surface area contributed by atoms with Crippen LogP contribution in [0.3, 0.4) is 0 Å². The van der Waals surface area contributed by atoms with E-state index in [-0.39, 0.29) is 5.91 Å². The third-order valence-electron chi connectivity index (χ3n) is 2.44. The van der Waals surface area contributed by atoms with Gasteiger partial charge in [0.15, 0.2) is 5.17 Å². The van der Waals surface area contributed by atoms with E-state index in [9.17, 15) is 4.79 Å². The van der Waals surface area contributed by atoms with Crippen LogP contribution in [-0.2, 0) is 4.79 Å². The molecule has 1 amide bonds. The molecule has 1 aromatic carbocycles. The summed E-state index contributed by atoms with van der Waals surface area (Å²) in [7, 11) is 1.60. The molecule has 1 aliphatic rings. The summed E-state index contributed by atoms with van der Waals surface area (Å²) in [5, 5.41) is 3.34. The van der Waals surface area contributed by atoms with Crippen molar-refractivity contribution in [2.24, 2.45) is 10.9 Å². The van der Waals surface area contributed by atoms with E-state index in [2.05, 4.69) is 10.3 Å². The number of aliphatic imine (C=N–C) groups is 1. The number of benzene rings is 1. The van der Waals surface area contributed by atoms with Crippen LogP contribution in [0.1, 0.15) is 13.8 Å². The Kier molecular flexibility index (Phi) is 4.27. The van der Waals surface area contributed by atoms with Gasteiger partial charge in [0, 0.05) is 0 Å². The highest BCUT2D eigenvalue weighted by Gasteiger charge is 2.24. The lowest BCUT2D eigenvalue weighted by Crippen LogP contribution is -2.19. The van der Waals surface area contributed by atoms with Crippen molar-refractivity contribution in [3.05, 3.63) is 35.2 Å². The van der Waals surface area contributed by atoms with Crippen molar-refractivity contribution in [2.45, 2.75) is 13.8 Å². The van der Waals surface area contributed by atoms with Gasteiger partial charge < -0.3 is 10.1 Å². The topological polar surface area (TPSA) is 50.7 Å². The fourth-order valence-corrected chi connectivity index (χ4v) is 2.61. The number of thioether (sulfide) groups is 1. The van der Waals surface area contributed by atoms with Crippen LogP contribution >= 0.6 is 11.8 Å². The van der Waals surface area contributed by atoms with Crippen molar-refractivity contribution in [3.63, 3.8) is 0 Å². The fraction of sp³-hybridized carbons (Fsp3) is 0.286. The summed E-state index contributed by atoms with van der Waals surface area (Å²) in [4.78, 5) is 16.9. The average molecular weight is 276 g/mol. The van der Waals surface area contributed by atoms with Gasteiger partial charge >= 0.3 is 0 Å². The van der Waals surface area contributed by atoms with E-state index >= 15 is 0 Å². The van der Waals surface area contributed by atoms with E-state index in [0.29, 0.717) is 27.4 Å². The average Bonchev–Trinajstić information content (AvgIpc) is 2.69. The number of allylic oxidation sites excluding steroid dienone is 1. The molecular formula is C14H16N2O2S. The number of carbonyl (C=O) groups is 1. The van der Waals surface area contributed by atoms with E-state index in [1.54, 1.807) is 7.11 Å². The highest BCUT2D eigenvalue weighted by molar-refractivity contribution is 8.18. The van der Waals surface area contributed by atoms with Crippen LogP contribution < -0.4 is 10.1 Å². The first-order chi connectivity index (χ1) is 9.10. The number of nitrogens with zero attached hydrogens (tertiary/aromatic N) is 1. The van der Waals surface area contributed by atoms with Gasteiger partial charge in [-0.2, -0.15) is 0 Å².